The van der Waals surface area contributed by atoms with Crippen molar-refractivity contribution in [1.82, 2.24) is 9.97 Å². The van der Waals surface area contributed by atoms with Crippen LogP contribution in [0.2, 0.25) is 0 Å². The first-order chi connectivity index (χ1) is 14.7. The van der Waals surface area contributed by atoms with Gasteiger partial charge in [-0.05, 0) is 54.4 Å². The van der Waals surface area contributed by atoms with Gasteiger partial charge in [-0.3, -0.25) is 9.78 Å². The lowest BCUT2D eigenvalue weighted by molar-refractivity contribution is 0.102. The minimum atomic E-state index is -0.591. The normalized spacial score (nSPS) is 20.4. The molecule has 31 heavy (non-hydrogen) atoms. The van der Waals surface area contributed by atoms with Crippen LogP contribution >= 0.6 is 11.3 Å². The van der Waals surface area contributed by atoms with Crippen LogP contribution in [0.3, 0.4) is 0 Å². The first-order valence-corrected chi connectivity index (χ1v) is 11.0. The molecule has 2 unspecified atom stereocenters. The van der Waals surface area contributed by atoms with E-state index in [0.717, 1.165) is 30.9 Å². The number of rotatable bonds is 4. The topological polar surface area (TPSA) is 101 Å². The number of amides is 1. The van der Waals surface area contributed by atoms with Crippen LogP contribution < -0.4 is 11.1 Å². The van der Waals surface area contributed by atoms with Gasteiger partial charge in [-0.2, -0.15) is 0 Å². The van der Waals surface area contributed by atoms with E-state index in [1.807, 2.05) is 6.07 Å². The van der Waals surface area contributed by atoms with Gasteiger partial charge in [-0.25, -0.2) is 9.37 Å². The maximum Gasteiger partial charge on any atom is 0.275 e. The molecular formula is C23H25FN4O2S. The largest absolute Gasteiger partial charge is 0.508 e. The number of halogens is 1. The molecule has 1 aliphatic carbocycles. The van der Waals surface area contributed by atoms with Crippen molar-refractivity contribution in [2.75, 3.05) is 5.32 Å². The highest BCUT2D eigenvalue weighted by Crippen LogP contribution is 2.44. The number of thiazole rings is 1. The van der Waals surface area contributed by atoms with Gasteiger partial charge in [0.05, 0.1) is 11.9 Å². The third-order valence-electron chi connectivity index (χ3n) is 5.66. The molecule has 1 amide bonds. The van der Waals surface area contributed by atoms with E-state index in [1.54, 1.807) is 17.8 Å². The van der Waals surface area contributed by atoms with E-state index in [2.05, 4.69) is 29.1 Å². The summed E-state index contributed by atoms with van der Waals surface area (Å²) in [7, 11) is 0. The molecule has 1 saturated carbocycles. The lowest BCUT2D eigenvalue weighted by atomic mass is 9.68. The van der Waals surface area contributed by atoms with Crippen molar-refractivity contribution in [3.8, 4) is 16.3 Å². The molecule has 1 aliphatic rings. The second-order valence-electron chi connectivity index (χ2n) is 8.88. The molecule has 162 valence electrons. The summed E-state index contributed by atoms with van der Waals surface area (Å²) in [5.41, 5.74) is 8.53. The first-order valence-electron chi connectivity index (χ1n) is 10.2. The number of hydrogen-bond donors (Lipinski definition) is 3. The Morgan fingerprint density at radius 3 is 2.87 bits per heavy atom. The molecule has 1 fully saturated rings. The number of phenols is 1. The lowest BCUT2D eigenvalue weighted by Gasteiger charge is -2.39. The van der Waals surface area contributed by atoms with Crippen molar-refractivity contribution in [3.63, 3.8) is 0 Å². The summed E-state index contributed by atoms with van der Waals surface area (Å²) in [6, 6.07) is 5.91. The number of pyridine rings is 1. The van der Waals surface area contributed by atoms with Gasteiger partial charge < -0.3 is 16.2 Å². The number of hydrogen-bond acceptors (Lipinski definition) is 6. The maximum atomic E-state index is 14.1. The molecule has 0 aliphatic heterocycles. The van der Waals surface area contributed by atoms with E-state index in [9.17, 15) is 14.3 Å². The van der Waals surface area contributed by atoms with Gasteiger partial charge in [0, 0.05) is 29.2 Å². The molecule has 0 saturated heterocycles. The van der Waals surface area contributed by atoms with Gasteiger partial charge in [-0.15, -0.1) is 11.3 Å². The number of nitrogens with two attached hydrogens (primary N) is 1. The van der Waals surface area contributed by atoms with E-state index >= 15 is 0 Å². The Morgan fingerprint density at radius 2 is 2.13 bits per heavy atom. The highest BCUT2D eigenvalue weighted by molar-refractivity contribution is 7.13. The molecule has 4 N–H and O–H groups in total. The van der Waals surface area contributed by atoms with Crippen molar-refractivity contribution < 1.29 is 14.3 Å². The van der Waals surface area contributed by atoms with Gasteiger partial charge in [0.1, 0.15) is 22.3 Å². The Bertz CT molecular complexity index is 1110. The fraction of sp³-hybridized carbons (Fsp3) is 0.348. The molecule has 0 bridgehead atoms. The second-order valence-corrected chi connectivity index (χ2v) is 9.74. The van der Waals surface area contributed by atoms with Crippen LogP contribution in [0.25, 0.3) is 10.6 Å². The molecular weight excluding hydrogens is 415 g/mol. The van der Waals surface area contributed by atoms with Crippen molar-refractivity contribution in [2.45, 2.75) is 45.1 Å². The van der Waals surface area contributed by atoms with E-state index in [-0.39, 0.29) is 40.3 Å². The number of nitrogens with one attached hydrogen (secondary N) is 1. The predicted molar refractivity (Wildman–Crippen MR) is 120 cm³/mol. The number of aromatic hydroxyl groups is 1. The molecule has 3 aromatic rings. The minimum absolute atomic E-state index is 0.117. The van der Waals surface area contributed by atoms with E-state index in [0.29, 0.717) is 10.7 Å². The molecule has 2 atom stereocenters. The summed E-state index contributed by atoms with van der Waals surface area (Å²) in [6.45, 7) is 4.44. The molecule has 0 spiro atoms. The van der Waals surface area contributed by atoms with E-state index < -0.39 is 5.82 Å². The van der Waals surface area contributed by atoms with Crippen molar-refractivity contribution >= 4 is 22.9 Å². The Hall–Kier alpha value is -2.84. The standard InChI is InChI=1S/C23H25FN4O2S/c1-23(2)9-13(7-14(25)10-23)16-5-6-26-11-19(16)27-21(30)20-12-31-22(28-20)17-4-3-15(29)8-18(17)24/h3-6,8,11-14,29H,7,9-10,25H2,1-2H3,(H,27,30). The molecule has 6 nitrogen and oxygen atoms in total. The zero-order chi connectivity index (χ0) is 22.2. The number of carbonyl (C=O) groups excluding carboxylic acids is 1. The third-order valence-corrected chi connectivity index (χ3v) is 6.54. The van der Waals surface area contributed by atoms with Gasteiger partial charge >= 0.3 is 0 Å². The number of anilines is 1. The molecule has 8 heteroatoms. The van der Waals surface area contributed by atoms with Crippen LogP contribution in [0.15, 0.2) is 42.0 Å². The van der Waals surface area contributed by atoms with Gasteiger partial charge in [0.15, 0.2) is 0 Å². The number of aromatic nitrogens is 2. The third kappa shape index (κ3) is 4.75. The Kier molecular flexibility index (Phi) is 5.77. The van der Waals surface area contributed by atoms with Crippen LogP contribution in [0, 0.1) is 11.2 Å². The minimum Gasteiger partial charge on any atom is -0.508 e. The Balaban J connectivity index is 1.56. The monoisotopic (exact) mass is 440 g/mol. The Labute approximate surface area is 184 Å². The SMILES string of the molecule is CC1(C)CC(N)CC(c2ccncc2NC(=O)c2csc(-c3ccc(O)cc3F)n2)C1. The average molecular weight is 441 g/mol. The molecule has 0 radical (unpaired) electrons. The number of phenolic OH excluding ortho intramolecular Hbond substituents is 1. The summed E-state index contributed by atoms with van der Waals surface area (Å²) in [5.74, 6) is -0.901. The molecule has 2 aromatic heterocycles. The molecule has 1 aromatic carbocycles. The quantitative estimate of drug-likeness (QED) is 0.534. The maximum absolute atomic E-state index is 14.1. The number of nitrogens with zero attached hydrogens (tertiary/aromatic N) is 2. The second kappa shape index (κ2) is 8.36. The van der Waals surface area contributed by atoms with Crippen LogP contribution in [-0.2, 0) is 0 Å². The summed E-state index contributed by atoms with van der Waals surface area (Å²) >= 11 is 1.17. The highest BCUT2D eigenvalue weighted by atomic mass is 32.1. The highest BCUT2D eigenvalue weighted by Gasteiger charge is 2.34. The van der Waals surface area contributed by atoms with Crippen molar-refractivity contribution in [3.05, 3.63) is 59.1 Å². The predicted octanol–water partition coefficient (Wildman–Crippen LogP) is 4.92. The summed E-state index contributed by atoms with van der Waals surface area (Å²) in [4.78, 5) is 21.3. The van der Waals surface area contributed by atoms with E-state index in [4.69, 9.17) is 5.73 Å². The fourth-order valence-corrected chi connectivity index (χ4v) is 5.29. The first kappa shape index (κ1) is 21.4. The Morgan fingerprint density at radius 1 is 1.32 bits per heavy atom. The van der Waals surface area contributed by atoms with Crippen molar-refractivity contribution in [2.24, 2.45) is 11.1 Å². The summed E-state index contributed by atoms with van der Waals surface area (Å²) < 4.78 is 14.1. The fourth-order valence-electron chi connectivity index (χ4n) is 4.46. The lowest BCUT2D eigenvalue weighted by Crippen LogP contribution is -2.36. The van der Waals surface area contributed by atoms with Gasteiger partial charge in [0.25, 0.3) is 5.91 Å². The summed E-state index contributed by atoms with van der Waals surface area (Å²) in [5, 5.41) is 14.3. The van der Waals surface area contributed by atoms with Crippen LogP contribution in [0.1, 0.15) is 55.1 Å². The van der Waals surface area contributed by atoms with Gasteiger partial charge in [0.2, 0.25) is 0 Å². The smallest absolute Gasteiger partial charge is 0.275 e. The zero-order valence-electron chi connectivity index (χ0n) is 17.4. The zero-order valence-corrected chi connectivity index (χ0v) is 18.2. The average Bonchev–Trinajstić information content (AvgIpc) is 3.17. The number of benzene rings is 1. The number of carbonyl (C=O) groups is 1. The van der Waals surface area contributed by atoms with Crippen LogP contribution in [0.4, 0.5) is 10.1 Å². The molecule has 4 rings (SSSR count). The summed E-state index contributed by atoms with van der Waals surface area (Å²) in [6.07, 6.45) is 6.19. The van der Waals surface area contributed by atoms with Gasteiger partial charge in [-0.1, -0.05) is 13.8 Å². The van der Waals surface area contributed by atoms with Crippen LogP contribution in [0.5, 0.6) is 5.75 Å². The molecule has 2 heterocycles. The van der Waals surface area contributed by atoms with E-state index in [1.165, 1.54) is 23.5 Å². The van der Waals surface area contributed by atoms with Crippen LogP contribution in [-0.4, -0.2) is 27.0 Å². The van der Waals surface area contributed by atoms with Crippen molar-refractivity contribution in [1.29, 1.82) is 0 Å².